The molecule has 0 saturated carbocycles. The molecule has 4 rings (SSSR count). The van der Waals surface area contributed by atoms with E-state index in [4.69, 9.17) is 23.2 Å². The van der Waals surface area contributed by atoms with Crippen molar-refractivity contribution in [2.45, 2.75) is 20.4 Å². The highest BCUT2D eigenvalue weighted by Crippen LogP contribution is 2.30. The van der Waals surface area contributed by atoms with E-state index in [0.717, 1.165) is 28.2 Å². The first-order chi connectivity index (χ1) is 14.3. The van der Waals surface area contributed by atoms with Crippen molar-refractivity contribution in [3.63, 3.8) is 0 Å². The van der Waals surface area contributed by atoms with Gasteiger partial charge in [0.05, 0.1) is 17.3 Å². The number of hydrogen-bond acceptors (Lipinski definition) is 2. The predicted molar refractivity (Wildman–Crippen MR) is 119 cm³/mol. The molecular weight excluding hydrogens is 421 g/mol. The van der Waals surface area contributed by atoms with Gasteiger partial charge in [0, 0.05) is 16.4 Å². The first-order valence-corrected chi connectivity index (χ1v) is 10.1. The summed E-state index contributed by atoms with van der Waals surface area (Å²) in [5.74, 6) is -0.352. The fraction of sp³-hybridized carbons (Fsp3) is 0.130. The fourth-order valence-corrected chi connectivity index (χ4v) is 3.97. The summed E-state index contributed by atoms with van der Waals surface area (Å²) in [6.45, 7) is 4.10. The van der Waals surface area contributed by atoms with Gasteiger partial charge in [-0.15, -0.1) is 0 Å². The minimum atomic E-state index is -0.429. The molecule has 30 heavy (non-hydrogen) atoms. The van der Waals surface area contributed by atoms with Gasteiger partial charge >= 0.3 is 6.03 Å². The number of hydrogen-bond donors (Lipinski definition) is 1. The maximum Gasteiger partial charge on any atom is 0.329 e. The van der Waals surface area contributed by atoms with Crippen molar-refractivity contribution in [3.8, 4) is 5.69 Å². The molecule has 152 valence electrons. The Balaban J connectivity index is 1.67. The number of urea groups is 1. The van der Waals surface area contributed by atoms with Crippen molar-refractivity contribution in [2.24, 2.45) is 0 Å². The molecule has 0 aliphatic carbocycles. The summed E-state index contributed by atoms with van der Waals surface area (Å²) < 4.78 is 1.98. The van der Waals surface area contributed by atoms with Crippen LogP contribution in [0.15, 0.2) is 60.3 Å². The molecule has 0 atom stereocenters. The highest BCUT2D eigenvalue weighted by atomic mass is 35.5. The molecule has 0 radical (unpaired) electrons. The second-order valence-corrected chi connectivity index (χ2v) is 7.97. The molecule has 1 saturated heterocycles. The lowest BCUT2D eigenvalue weighted by Gasteiger charge is -2.12. The first-order valence-electron chi connectivity index (χ1n) is 9.38. The minimum absolute atomic E-state index is 0.222. The van der Waals surface area contributed by atoms with Crippen LogP contribution in [0.2, 0.25) is 10.0 Å². The second kappa shape index (κ2) is 8.01. The predicted octanol–water partition coefficient (Wildman–Crippen LogP) is 5.49. The topological polar surface area (TPSA) is 54.3 Å². The molecule has 0 spiro atoms. The number of nitrogens with one attached hydrogen (secondary N) is 1. The zero-order valence-electron chi connectivity index (χ0n) is 16.4. The van der Waals surface area contributed by atoms with Crippen molar-refractivity contribution in [3.05, 3.63) is 92.9 Å². The van der Waals surface area contributed by atoms with Gasteiger partial charge in [0.25, 0.3) is 5.91 Å². The van der Waals surface area contributed by atoms with Crippen LogP contribution in [0, 0.1) is 13.8 Å². The van der Waals surface area contributed by atoms with E-state index >= 15 is 0 Å². The molecule has 1 aliphatic heterocycles. The van der Waals surface area contributed by atoms with Gasteiger partial charge < -0.3 is 9.88 Å². The van der Waals surface area contributed by atoms with Gasteiger partial charge in [-0.1, -0.05) is 53.5 Å². The number of aryl methyl sites for hydroxylation is 1. The van der Waals surface area contributed by atoms with E-state index in [1.54, 1.807) is 24.3 Å². The summed E-state index contributed by atoms with van der Waals surface area (Å²) >= 11 is 12.5. The zero-order valence-corrected chi connectivity index (χ0v) is 18.0. The Labute approximate surface area is 184 Å². The van der Waals surface area contributed by atoms with Crippen LogP contribution in [0.3, 0.4) is 0 Å². The summed E-state index contributed by atoms with van der Waals surface area (Å²) in [7, 11) is 0. The van der Waals surface area contributed by atoms with Crippen LogP contribution in [0.1, 0.15) is 22.5 Å². The lowest BCUT2D eigenvalue weighted by atomic mass is 10.2. The van der Waals surface area contributed by atoms with E-state index in [9.17, 15) is 9.59 Å². The van der Waals surface area contributed by atoms with Gasteiger partial charge in [0.2, 0.25) is 0 Å². The second-order valence-electron chi connectivity index (χ2n) is 7.12. The maximum atomic E-state index is 12.8. The molecule has 1 aliphatic rings. The minimum Gasteiger partial charge on any atom is -0.316 e. The molecule has 0 unspecified atom stereocenters. The summed E-state index contributed by atoms with van der Waals surface area (Å²) in [4.78, 5) is 26.4. The number of carbonyl (C=O) groups excluding carboxylic acids is 2. The van der Waals surface area contributed by atoms with E-state index < -0.39 is 6.03 Å². The third-order valence-corrected chi connectivity index (χ3v) is 5.62. The van der Waals surface area contributed by atoms with Crippen LogP contribution in [-0.2, 0) is 11.3 Å². The van der Waals surface area contributed by atoms with Gasteiger partial charge in [0.15, 0.2) is 0 Å². The largest absolute Gasteiger partial charge is 0.329 e. The number of benzene rings is 2. The lowest BCUT2D eigenvalue weighted by Crippen LogP contribution is -2.30. The summed E-state index contributed by atoms with van der Waals surface area (Å²) in [5, 5.41) is 3.83. The lowest BCUT2D eigenvalue weighted by molar-refractivity contribution is -0.123. The van der Waals surface area contributed by atoms with Crippen molar-refractivity contribution in [1.82, 2.24) is 14.8 Å². The summed E-state index contributed by atoms with van der Waals surface area (Å²) in [6.07, 6.45) is 1.70. The Morgan fingerprint density at radius 2 is 1.73 bits per heavy atom. The summed E-state index contributed by atoms with van der Waals surface area (Å²) in [5.41, 5.74) is 4.52. The average Bonchev–Trinajstić information content (AvgIpc) is 3.14. The van der Waals surface area contributed by atoms with Gasteiger partial charge in [-0.25, -0.2) is 4.79 Å². The Morgan fingerprint density at radius 1 is 1.00 bits per heavy atom. The number of halogens is 2. The zero-order chi connectivity index (χ0) is 21.4. The van der Waals surface area contributed by atoms with Gasteiger partial charge in [0.1, 0.15) is 5.70 Å². The Hall–Kier alpha value is -3.02. The van der Waals surface area contributed by atoms with Crippen LogP contribution in [0.25, 0.3) is 11.8 Å². The van der Waals surface area contributed by atoms with Crippen LogP contribution in [0.4, 0.5) is 4.79 Å². The number of amides is 3. The van der Waals surface area contributed by atoms with Crippen LogP contribution < -0.4 is 5.32 Å². The van der Waals surface area contributed by atoms with Gasteiger partial charge in [-0.3, -0.25) is 9.69 Å². The Bertz CT molecular complexity index is 1180. The average molecular weight is 440 g/mol. The molecule has 2 aromatic carbocycles. The number of nitrogens with zero attached hydrogens (tertiary/aromatic N) is 2. The molecule has 0 bridgehead atoms. The van der Waals surface area contributed by atoms with Crippen LogP contribution in [-0.4, -0.2) is 21.4 Å². The molecule has 3 aromatic rings. The number of imide groups is 1. The van der Waals surface area contributed by atoms with E-state index in [1.807, 2.05) is 54.8 Å². The molecule has 1 N–H and O–H groups in total. The fourth-order valence-electron chi connectivity index (χ4n) is 3.60. The quantitative estimate of drug-likeness (QED) is 0.431. The molecule has 2 heterocycles. The molecular formula is C23H19Cl2N3O2. The number of carbonyl (C=O) groups is 2. The van der Waals surface area contributed by atoms with Crippen molar-refractivity contribution in [1.29, 1.82) is 0 Å². The molecule has 1 fully saturated rings. The van der Waals surface area contributed by atoms with Crippen molar-refractivity contribution in [2.75, 3.05) is 0 Å². The van der Waals surface area contributed by atoms with E-state index in [1.165, 1.54) is 4.90 Å². The standard InChI is InChI=1S/C23H19Cl2N3O2/c1-14-10-17(15(2)28(14)21-12-18(24)8-9-19(21)25)11-20-22(29)27(23(30)26-20)13-16-6-4-3-5-7-16/h3-12H,13H2,1-2H3,(H,26,30)/b20-11+. The van der Waals surface area contributed by atoms with E-state index in [-0.39, 0.29) is 18.1 Å². The third kappa shape index (κ3) is 3.74. The molecule has 1 aromatic heterocycles. The monoisotopic (exact) mass is 439 g/mol. The SMILES string of the molecule is Cc1cc(/C=C2/NC(=O)N(Cc3ccccc3)C2=O)c(C)n1-c1cc(Cl)ccc1Cl. The van der Waals surface area contributed by atoms with Gasteiger partial charge in [-0.2, -0.15) is 0 Å². The maximum absolute atomic E-state index is 12.8. The van der Waals surface area contributed by atoms with E-state index in [0.29, 0.717) is 10.0 Å². The van der Waals surface area contributed by atoms with Crippen LogP contribution >= 0.6 is 23.2 Å². The normalized spacial score (nSPS) is 15.2. The number of rotatable bonds is 4. The molecule has 7 heteroatoms. The van der Waals surface area contributed by atoms with Gasteiger partial charge in [-0.05, 0) is 55.3 Å². The van der Waals surface area contributed by atoms with Crippen molar-refractivity contribution >= 4 is 41.2 Å². The van der Waals surface area contributed by atoms with Crippen LogP contribution in [0.5, 0.6) is 0 Å². The Kier molecular flexibility index (Phi) is 5.41. The summed E-state index contributed by atoms with van der Waals surface area (Å²) in [6, 6.07) is 16.2. The van der Waals surface area contributed by atoms with E-state index in [2.05, 4.69) is 5.32 Å². The first kappa shape index (κ1) is 20.3. The number of aromatic nitrogens is 1. The molecule has 5 nitrogen and oxygen atoms in total. The smallest absolute Gasteiger partial charge is 0.316 e. The third-order valence-electron chi connectivity index (χ3n) is 5.07. The highest BCUT2D eigenvalue weighted by molar-refractivity contribution is 6.34. The molecule has 3 amide bonds. The Morgan fingerprint density at radius 3 is 2.47 bits per heavy atom. The van der Waals surface area contributed by atoms with Crippen molar-refractivity contribution < 1.29 is 9.59 Å². The highest BCUT2D eigenvalue weighted by Gasteiger charge is 2.33.